The van der Waals surface area contributed by atoms with Crippen LogP contribution in [0.25, 0.3) is 0 Å². The second-order valence-electron chi connectivity index (χ2n) is 11.6. The van der Waals surface area contributed by atoms with Gasteiger partial charge in [-0.15, -0.1) is 0 Å². The van der Waals surface area contributed by atoms with Gasteiger partial charge >= 0.3 is 11.9 Å². The first-order valence-electron chi connectivity index (χ1n) is 12.3. The molecule has 0 aromatic heterocycles. The highest BCUT2D eigenvalue weighted by atomic mass is 16.6. The minimum atomic E-state index is -1.09. The molecule has 4 aliphatic carbocycles. The van der Waals surface area contributed by atoms with E-state index in [0.717, 1.165) is 31.3 Å². The predicted octanol–water partition coefficient (Wildman–Crippen LogP) is 2.63. The number of rotatable bonds is 2. The SMILES string of the molecule is CC(=O)OC1CCC23C(O)OC4(CCC2(O)C1)C1CCC(C2=CC(=O)OC2)C1(C)CCC43. The fourth-order valence-electron chi connectivity index (χ4n) is 9.50. The summed E-state index contributed by atoms with van der Waals surface area (Å²) in [6.07, 6.45) is 7.15. The molecule has 32 heavy (non-hydrogen) atoms. The van der Waals surface area contributed by atoms with Gasteiger partial charge in [-0.05, 0) is 74.2 Å². The van der Waals surface area contributed by atoms with Gasteiger partial charge in [-0.1, -0.05) is 6.92 Å². The van der Waals surface area contributed by atoms with Gasteiger partial charge in [0.1, 0.15) is 12.7 Å². The number of carbonyl (C=O) groups excluding carboxylic acids is 2. The summed E-state index contributed by atoms with van der Waals surface area (Å²) >= 11 is 0. The van der Waals surface area contributed by atoms with E-state index in [1.807, 2.05) is 0 Å². The number of esters is 2. The van der Waals surface area contributed by atoms with E-state index in [4.69, 9.17) is 14.2 Å². The molecule has 9 unspecified atom stereocenters. The molecule has 7 heteroatoms. The summed E-state index contributed by atoms with van der Waals surface area (Å²) in [5, 5.41) is 23.3. The van der Waals surface area contributed by atoms with Crippen molar-refractivity contribution in [3.63, 3.8) is 0 Å². The maximum Gasteiger partial charge on any atom is 0.331 e. The van der Waals surface area contributed by atoms with Crippen LogP contribution in [0.5, 0.6) is 0 Å². The molecule has 5 fully saturated rings. The Labute approximate surface area is 188 Å². The van der Waals surface area contributed by atoms with Gasteiger partial charge in [0, 0.05) is 25.3 Å². The Bertz CT molecular complexity index is 899. The summed E-state index contributed by atoms with van der Waals surface area (Å²) in [6.45, 7) is 4.14. The first-order valence-corrected chi connectivity index (χ1v) is 12.3. The van der Waals surface area contributed by atoms with E-state index in [0.29, 0.717) is 44.6 Å². The number of fused-ring (bicyclic) bond motifs is 1. The lowest BCUT2D eigenvalue weighted by molar-refractivity contribution is -0.234. The molecule has 0 radical (unpaired) electrons. The lowest BCUT2D eigenvalue weighted by atomic mass is 9.42. The molecule has 6 aliphatic rings. The summed E-state index contributed by atoms with van der Waals surface area (Å²) in [7, 11) is 0. The molecule has 9 atom stereocenters. The third-order valence-electron chi connectivity index (χ3n) is 10.6. The standard InChI is InChI=1S/C25H34O7/c1-14(26)31-16-5-8-24-19-6-7-22(2)17(15-11-20(27)30-13-15)3-4-18(22)25(19,32-21(24)28)10-9-23(24,29)12-16/h11,16-19,21,28-29H,3-10,12-13H2,1-2H3. The van der Waals surface area contributed by atoms with Crippen molar-refractivity contribution >= 4 is 11.9 Å². The quantitative estimate of drug-likeness (QED) is 0.629. The van der Waals surface area contributed by atoms with Crippen LogP contribution in [0, 0.1) is 28.6 Å². The number of carbonyl (C=O) groups is 2. The predicted molar refractivity (Wildman–Crippen MR) is 112 cm³/mol. The lowest BCUT2D eigenvalue weighted by Gasteiger charge is -2.63. The van der Waals surface area contributed by atoms with Crippen molar-refractivity contribution in [2.45, 2.75) is 95.2 Å². The third kappa shape index (κ3) is 2.43. The number of hydrogen-bond acceptors (Lipinski definition) is 7. The highest BCUT2D eigenvalue weighted by Crippen LogP contribution is 2.76. The molecular formula is C25H34O7. The summed E-state index contributed by atoms with van der Waals surface area (Å²) < 4.78 is 17.3. The van der Waals surface area contributed by atoms with Crippen LogP contribution in [0.15, 0.2) is 11.6 Å². The van der Waals surface area contributed by atoms with Gasteiger partial charge in [-0.2, -0.15) is 0 Å². The molecule has 2 bridgehead atoms. The average molecular weight is 447 g/mol. The van der Waals surface area contributed by atoms with Crippen LogP contribution in [-0.2, 0) is 23.8 Å². The van der Waals surface area contributed by atoms with Crippen LogP contribution in [0.4, 0.5) is 0 Å². The molecular weight excluding hydrogens is 412 g/mol. The summed E-state index contributed by atoms with van der Waals surface area (Å²) in [6, 6.07) is 0. The van der Waals surface area contributed by atoms with Crippen molar-refractivity contribution in [2.24, 2.45) is 28.6 Å². The second-order valence-corrected chi connectivity index (χ2v) is 11.6. The van der Waals surface area contributed by atoms with E-state index in [1.165, 1.54) is 6.92 Å². The number of aliphatic hydroxyl groups is 2. The van der Waals surface area contributed by atoms with Crippen molar-refractivity contribution in [2.75, 3.05) is 6.61 Å². The number of aliphatic hydroxyl groups excluding tert-OH is 1. The van der Waals surface area contributed by atoms with Crippen molar-refractivity contribution in [3.8, 4) is 0 Å². The van der Waals surface area contributed by atoms with Crippen LogP contribution < -0.4 is 0 Å². The molecule has 1 spiro atoms. The maximum absolute atomic E-state index is 11.9. The average Bonchev–Trinajstić information content (AvgIpc) is 3.34. The summed E-state index contributed by atoms with van der Waals surface area (Å²) in [5.74, 6) is 0.108. The summed E-state index contributed by atoms with van der Waals surface area (Å²) in [5.41, 5.74) is -1.13. The minimum absolute atomic E-state index is 0.00797. The Hall–Kier alpha value is -1.44. The van der Waals surface area contributed by atoms with Gasteiger partial charge in [0.15, 0.2) is 6.29 Å². The molecule has 0 aromatic carbocycles. The fourth-order valence-corrected chi connectivity index (χ4v) is 9.50. The van der Waals surface area contributed by atoms with E-state index < -0.39 is 22.9 Å². The van der Waals surface area contributed by atoms with Crippen LogP contribution in [0.3, 0.4) is 0 Å². The lowest BCUT2D eigenvalue weighted by Crippen LogP contribution is -2.67. The van der Waals surface area contributed by atoms with Gasteiger partial charge in [0.2, 0.25) is 0 Å². The van der Waals surface area contributed by atoms with Gasteiger partial charge in [0.25, 0.3) is 0 Å². The van der Waals surface area contributed by atoms with Gasteiger partial charge in [-0.3, -0.25) is 4.79 Å². The first-order chi connectivity index (χ1) is 15.1. The van der Waals surface area contributed by atoms with Crippen LogP contribution in [0.1, 0.15) is 71.6 Å². The molecule has 4 saturated carbocycles. The Morgan fingerprint density at radius 3 is 2.66 bits per heavy atom. The highest BCUT2D eigenvalue weighted by Gasteiger charge is 2.79. The Kier molecular flexibility index (Phi) is 4.34. The smallest absolute Gasteiger partial charge is 0.331 e. The topological polar surface area (TPSA) is 102 Å². The highest BCUT2D eigenvalue weighted by molar-refractivity contribution is 5.85. The molecule has 2 heterocycles. The van der Waals surface area contributed by atoms with Crippen molar-refractivity contribution in [3.05, 3.63) is 11.6 Å². The maximum atomic E-state index is 11.9. The number of ether oxygens (including phenoxy) is 3. The zero-order chi connectivity index (χ0) is 22.5. The molecule has 0 aromatic rings. The third-order valence-corrected chi connectivity index (χ3v) is 10.6. The summed E-state index contributed by atoms with van der Waals surface area (Å²) in [4.78, 5) is 23.3. The fraction of sp³-hybridized carbons (Fsp3) is 0.840. The van der Waals surface area contributed by atoms with Crippen LogP contribution in [-0.4, -0.2) is 52.4 Å². The van der Waals surface area contributed by atoms with E-state index >= 15 is 0 Å². The molecule has 176 valence electrons. The zero-order valence-electron chi connectivity index (χ0n) is 19.0. The van der Waals surface area contributed by atoms with Crippen LogP contribution in [0.2, 0.25) is 0 Å². The number of hydrogen-bond donors (Lipinski definition) is 2. The largest absolute Gasteiger partial charge is 0.462 e. The second kappa shape index (κ2) is 6.57. The van der Waals surface area contributed by atoms with E-state index in [9.17, 15) is 19.8 Å². The first kappa shape index (κ1) is 21.1. The Morgan fingerprint density at radius 1 is 1.12 bits per heavy atom. The molecule has 1 saturated heterocycles. The van der Waals surface area contributed by atoms with Crippen LogP contribution >= 0.6 is 0 Å². The van der Waals surface area contributed by atoms with Gasteiger partial charge < -0.3 is 24.4 Å². The normalized spacial score (nSPS) is 53.7. The van der Waals surface area contributed by atoms with E-state index in [-0.39, 0.29) is 35.3 Å². The van der Waals surface area contributed by atoms with Gasteiger partial charge in [0.05, 0.1) is 16.6 Å². The van der Waals surface area contributed by atoms with Crippen molar-refractivity contribution < 1.29 is 34.0 Å². The monoisotopic (exact) mass is 446 g/mol. The molecule has 7 nitrogen and oxygen atoms in total. The van der Waals surface area contributed by atoms with Crippen molar-refractivity contribution in [1.29, 1.82) is 0 Å². The molecule has 2 N–H and O–H groups in total. The van der Waals surface area contributed by atoms with E-state index in [1.54, 1.807) is 6.08 Å². The van der Waals surface area contributed by atoms with Gasteiger partial charge in [-0.25, -0.2) is 4.79 Å². The minimum Gasteiger partial charge on any atom is -0.462 e. The molecule has 6 rings (SSSR count). The zero-order valence-corrected chi connectivity index (χ0v) is 19.0. The van der Waals surface area contributed by atoms with Crippen molar-refractivity contribution in [1.82, 2.24) is 0 Å². The number of cyclic esters (lactones) is 1. The molecule has 2 aliphatic heterocycles. The Balaban J connectivity index is 1.35. The van der Waals surface area contributed by atoms with E-state index in [2.05, 4.69) is 6.92 Å². The Morgan fingerprint density at radius 2 is 1.94 bits per heavy atom. The molecule has 0 amide bonds.